The van der Waals surface area contributed by atoms with Crippen LogP contribution in [0.25, 0.3) is 0 Å². The Hall–Kier alpha value is -0.940. The van der Waals surface area contributed by atoms with Crippen LogP contribution in [0.5, 0.6) is 0 Å². The van der Waals surface area contributed by atoms with Crippen LogP contribution in [0, 0.1) is 0 Å². The lowest BCUT2D eigenvalue weighted by molar-refractivity contribution is 0.317. The molecule has 0 fully saturated rings. The van der Waals surface area contributed by atoms with E-state index in [0.29, 0.717) is 12.6 Å². The smallest absolute Gasteiger partial charge is 0.231 e. The first-order valence-corrected chi connectivity index (χ1v) is 5.73. The molecule has 0 amide bonds. The molecule has 5 nitrogen and oxygen atoms in total. The van der Waals surface area contributed by atoms with Crippen LogP contribution in [0.4, 0.5) is 0 Å². The van der Waals surface area contributed by atoms with Crippen molar-refractivity contribution >= 4 is 0 Å². The maximum atomic E-state index is 5.28. The molecule has 0 aromatic carbocycles. The molecular weight excluding hydrogens is 204 g/mol. The first-order chi connectivity index (χ1) is 7.58. The maximum absolute atomic E-state index is 5.28. The van der Waals surface area contributed by atoms with Gasteiger partial charge in [-0.3, -0.25) is 0 Å². The average molecular weight is 226 g/mol. The van der Waals surface area contributed by atoms with Crippen LogP contribution in [-0.2, 0) is 6.54 Å². The van der Waals surface area contributed by atoms with E-state index in [2.05, 4.69) is 29.3 Å². The van der Waals surface area contributed by atoms with E-state index < -0.39 is 0 Å². The van der Waals surface area contributed by atoms with Crippen LogP contribution in [0.15, 0.2) is 4.52 Å². The fraction of sp³-hybridized carbons (Fsp3) is 0.818. The number of hydrogen-bond donors (Lipinski definition) is 1. The zero-order valence-electron chi connectivity index (χ0n) is 10.8. The second kappa shape index (κ2) is 5.96. The second-order valence-electron chi connectivity index (χ2n) is 4.38. The average Bonchev–Trinajstić information content (AvgIpc) is 2.67. The van der Waals surface area contributed by atoms with E-state index in [-0.39, 0.29) is 5.92 Å². The summed E-state index contributed by atoms with van der Waals surface area (Å²) in [6.07, 6.45) is 1.04. The molecule has 0 spiro atoms. The Morgan fingerprint density at radius 1 is 1.44 bits per heavy atom. The highest BCUT2D eigenvalue weighted by Crippen LogP contribution is 2.19. The maximum Gasteiger partial charge on any atom is 0.231 e. The van der Waals surface area contributed by atoms with Gasteiger partial charge in [0.2, 0.25) is 5.89 Å². The Kier molecular flexibility index (Phi) is 4.89. The Morgan fingerprint density at radius 3 is 2.62 bits per heavy atom. The van der Waals surface area contributed by atoms with Crippen molar-refractivity contribution in [1.82, 2.24) is 20.4 Å². The second-order valence-corrected chi connectivity index (χ2v) is 4.38. The van der Waals surface area contributed by atoms with Gasteiger partial charge in [0.1, 0.15) is 0 Å². The Labute approximate surface area is 97.2 Å². The zero-order chi connectivity index (χ0) is 12.1. The molecule has 2 unspecified atom stereocenters. The number of aromatic nitrogens is 2. The van der Waals surface area contributed by atoms with Crippen molar-refractivity contribution in [2.24, 2.45) is 0 Å². The van der Waals surface area contributed by atoms with Crippen molar-refractivity contribution in [3.63, 3.8) is 0 Å². The number of nitrogens with zero attached hydrogens (tertiary/aromatic N) is 3. The third kappa shape index (κ3) is 3.28. The van der Waals surface area contributed by atoms with E-state index in [9.17, 15) is 0 Å². The van der Waals surface area contributed by atoms with E-state index in [1.54, 1.807) is 0 Å². The Morgan fingerprint density at radius 2 is 2.12 bits per heavy atom. The van der Waals surface area contributed by atoms with Gasteiger partial charge in [0.15, 0.2) is 5.82 Å². The van der Waals surface area contributed by atoms with Gasteiger partial charge in [-0.2, -0.15) is 4.98 Å². The predicted octanol–water partition coefficient (Wildman–Crippen LogP) is 1.23. The summed E-state index contributed by atoms with van der Waals surface area (Å²) >= 11 is 0. The minimum Gasteiger partial charge on any atom is -0.339 e. The Balaban J connectivity index is 2.69. The van der Waals surface area contributed by atoms with Crippen molar-refractivity contribution in [3.05, 3.63) is 11.7 Å². The molecule has 0 radical (unpaired) electrons. The third-order valence-corrected chi connectivity index (χ3v) is 2.75. The summed E-state index contributed by atoms with van der Waals surface area (Å²) < 4.78 is 5.28. The highest BCUT2D eigenvalue weighted by molar-refractivity contribution is 4.97. The first-order valence-electron chi connectivity index (χ1n) is 5.73. The van der Waals surface area contributed by atoms with Crippen LogP contribution in [0.3, 0.4) is 0 Å². The van der Waals surface area contributed by atoms with Crippen LogP contribution in [-0.4, -0.2) is 42.2 Å². The van der Waals surface area contributed by atoms with E-state index >= 15 is 0 Å². The molecule has 0 bridgehead atoms. The molecule has 0 saturated carbocycles. The summed E-state index contributed by atoms with van der Waals surface area (Å²) in [6.45, 7) is 4.97. The fourth-order valence-electron chi connectivity index (χ4n) is 1.78. The summed E-state index contributed by atoms with van der Waals surface area (Å²) in [5.74, 6) is 1.72. The molecule has 1 aromatic rings. The van der Waals surface area contributed by atoms with Crippen LogP contribution >= 0.6 is 0 Å². The molecule has 0 aliphatic heterocycles. The van der Waals surface area contributed by atoms with Crippen molar-refractivity contribution in [3.8, 4) is 0 Å². The van der Waals surface area contributed by atoms with Gasteiger partial charge in [-0.15, -0.1) is 0 Å². The van der Waals surface area contributed by atoms with Crippen LogP contribution < -0.4 is 5.32 Å². The monoisotopic (exact) mass is 226 g/mol. The lowest BCUT2D eigenvalue weighted by Gasteiger charge is -2.18. The minimum atomic E-state index is 0.249. The van der Waals surface area contributed by atoms with Gasteiger partial charge in [-0.1, -0.05) is 19.0 Å². The Bertz CT molecular complexity index is 307. The van der Waals surface area contributed by atoms with E-state index in [0.717, 1.165) is 18.1 Å². The number of nitrogens with one attached hydrogen (secondary N) is 1. The molecule has 1 aromatic heterocycles. The number of rotatable bonds is 6. The van der Waals surface area contributed by atoms with E-state index in [4.69, 9.17) is 4.52 Å². The fourth-order valence-corrected chi connectivity index (χ4v) is 1.78. The quantitative estimate of drug-likeness (QED) is 0.790. The van der Waals surface area contributed by atoms with E-state index in [1.807, 2.05) is 26.0 Å². The van der Waals surface area contributed by atoms with Crippen molar-refractivity contribution in [1.29, 1.82) is 0 Å². The molecule has 0 aliphatic rings. The SMILES string of the molecule is CCC(NC)C(C)c1nc(CN(C)C)no1. The summed E-state index contributed by atoms with van der Waals surface area (Å²) in [4.78, 5) is 6.43. The van der Waals surface area contributed by atoms with Crippen LogP contribution in [0.1, 0.15) is 37.9 Å². The largest absolute Gasteiger partial charge is 0.339 e. The van der Waals surface area contributed by atoms with Gasteiger partial charge >= 0.3 is 0 Å². The molecule has 0 aliphatic carbocycles. The molecule has 1 heterocycles. The van der Waals surface area contributed by atoms with Crippen molar-refractivity contribution in [2.75, 3.05) is 21.1 Å². The standard InChI is InChI=1S/C11H22N4O/c1-6-9(12-3)8(2)11-13-10(14-16-11)7-15(4)5/h8-9,12H,6-7H2,1-5H3. The van der Waals surface area contributed by atoms with E-state index in [1.165, 1.54) is 0 Å². The van der Waals surface area contributed by atoms with Gasteiger partial charge in [0.05, 0.1) is 12.5 Å². The van der Waals surface area contributed by atoms with Gasteiger partial charge in [-0.25, -0.2) is 0 Å². The number of hydrogen-bond acceptors (Lipinski definition) is 5. The summed E-state index contributed by atoms with van der Waals surface area (Å²) in [5, 5.41) is 7.23. The highest BCUT2D eigenvalue weighted by atomic mass is 16.5. The third-order valence-electron chi connectivity index (χ3n) is 2.75. The molecule has 1 rings (SSSR count). The predicted molar refractivity (Wildman–Crippen MR) is 63.2 cm³/mol. The van der Waals surface area contributed by atoms with Crippen molar-refractivity contribution in [2.45, 2.75) is 38.8 Å². The lowest BCUT2D eigenvalue weighted by atomic mass is 10.00. The summed E-state index contributed by atoms with van der Waals surface area (Å²) in [6, 6.07) is 0.382. The first kappa shape index (κ1) is 13.1. The molecule has 5 heteroatoms. The minimum absolute atomic E-state index is 0.249. The molecule has 1 N–H and O–H groups in total. The molecule has 92 valence electrons. The normalized spacial score (nSPS) is 15.4. The topological polar surface area (TPSA) is 54.2 Å². The van der Waals surface area contributed by atoms with Gasteiger partial charge < -0.3 is 14.7 Å². The number of likely N-dealkylation sites (N-methyl/N-ethyl adjacent to an activating group) is 1. The molecular formula is C11H22N4O. The van der Waals surface area contributed by atoms with Gasteiger partial charge in [-0.05, 0) is 27.6 Å². The molecule has 2 atom stereocenters. The molecule has 0 saturated heterocycles. The highest BCUT2D eigenvalue weighted by Gasteiger charge is 2.21. The van der Waals surface area contributed by atoms with Crippen molar-refractivity contribution < 1.29 is 4.52 Å². The lowest BCUT2D eigenvalue weighted by Crippen LogP contribution is -2.30. The summed E-state index contributed by atoms with van der Waals surface area (Å²) in [7, 11) is 5.94. The summed E-state index contributed by atoms with van der Waals surface area (Å²) in [5.41, 5.74) is 0. The zero-order valence-corrected chi connectivity index (χ0v) is 10.8. The van der Waals surface area contributed by atoms with Gasteiger partial charge in [0.25, 0.3) is 0 Å². The van der Waals surface area contributed by atoms with Crippen LogP contribution in [0.2, 0.25) is 0 Å². The van der Waals surface area contributed by atoms with Gasteiger partial charge in [0, 0.05) is 6.04 Å². The molecule has 16 heavy (non-hydrogen) atoms.